The molecule has 124 valence electrons. The molecule has 0 aliphatic carbocycles. The maximum atomic E-state index is 12.7. The second-order valence-electron chi connectivity index (χ2n) is 7.51. The highest BCUT2D eigenvalue weighted by Gasteiger charge is 2.31. The number of carbonyl (C=O) groups excluding carboxylic acids is 1. The number of rotatable bonds is 2. The molecule has 2 aromatic rings. The van der Waals surface area contributed by atoms with E-state index in [0.717, 1.165) is 30.2 Å². The molecule has 1 atom stereocenters. The van der Waals surface area contributed by atoms with Gasteiger partial charge < -0.3 is 9.47 Å². The highest BCUT2D eigenvalue weighted by molar-refractivity contribution is 5.92. The highest BCUT2D eigenvalue weighted by atomic mass is 16.2. The van der Waals surface area contributed by atoms with E-state index < -0.39 is 0 Å². The molecule has 0 radical (unpaired) electrons. The van der Waals surface area contributed by atoms with Gasteiger partial charge in [-0.05, 0) is 19.4 Å². The third-order valence-electron chi connectivity index (χ3n) is 4.48. The fourth-order valence-corrected chi connectivity index (χ4v) is 3.15. The van der Waals surface area contributed by atoms with Gasteiger partial charge >= 0.3 is 0 Å². The van der Waals surface area contributed by atoms with Gasteiger partial charge in [-0.3, -0.25) is 9.89 Å². The van der Waals surface area contributed by atoms with Gasteiger partial charge in [0, 0.05) is 43.4 Å². The Kier molecular flexibility index (Phi) is 3.78. The first-order valence-electron chi connectivity index (χ1n) is 8.10. The van der Waals surface area contributed by atoms with Gasteiger partial charge in [-0.2, -0.15) is 5.10 Å². The van der Waals surface area contributed by atoms with E-state index in [4.69, 9.17) is 0 Å². The van der Waals surface area contributed by atoms with Crippen LogP contribution in [0.1, 0.15) is 60.8 Å². The van der Waals surface area contributed by atoms with Crippen LogP contribution in [-0.2, 0) is 12.5 Å². The van der Waals surface area contributed by atoms with Crippen LogP contribution in [0.15, 0.2) is 12.3 Å². The Morgan fingerprint density at radius 2 is 2.13 bits per heavy atom. The molecule has 23 heavy (non-hydrogen) atoms. The van der Waals surface area contributed by atoms with Crippen molar-refractivity contribution in [2.45, 2.75) is 45.4 Å². The Labute approximate surface area is 136 Å². The molecular weight excluding hydrogens is 290 g/mol. The van der Waals surface area contributed by atoms with Crippen LogP contribution in [0.25, 0.3) is 0 Å². The first kappa shape index (κ1) is 15.8. The third-order valence-corrected chi connectivity index (χ3v) is 4.48. The SMILES string of the molecule is Cc1cn(C)c(C2CCN(C(=O)c3cc(C(C)(C)C)[nH]n3)C2)n1. The van der Waals surface area contributed by atoms with E-state index in [1.54, 1.807) is 0 Å². The quantitative estimate of drug-likeness (QED) is 0.925. The number of likely N-dealkylation sites (tertiary alicyclic amines) is 1. The Hall–Kier alpha value is -2.11. The number of nitrogens with one attached hydrogen (secondary N) is 1. The van der Waals surface area contributed by atoms with Crippen LogP contribution in [0.5, 0.6) is 0 Å². The molecule has 6 heteroatoms. The summed E-state index contributed by atoms with van der Waals surface area (Å²) in [6.45, 7) is 9.77. The van der Waals surface area contributed by atoms with Crippen LogP contribution in [0.3, 0.4) is 0 Å². The van der Waals surface area contributed by atoms with Gasteiger partial charge in [0.2, 0.25) is 0 Å². The molecule has 6 nitrogen and oxygen atoms in total. The molecular formula is C17H25N5O. The van der Waals surface area contributed by atoms with Gasteiger partial charge in [-0.15, -0.1) is 0 Å². The number of aromatic amines is 1. The molecule has 1 fully saturated rings. The van der Waals surface area contributed by atoms with Gasteiger partial charge in [0.1, 0.15) is 11.5 Å². The molecule has 1 aliphatic rings. The van der Waals surface area contributed by atoms with Crippen molar-refractivity contribution in [2.24, 2.45) is 7.05 Å². The summed E-state index contributed by atoms with van der Waals surface area (Å²) in [7, 11) is 2.02. The lowest BCUT2D eigenvalue weighted by Crippen LogP contribution is -2.29. The average molecular weight is 315 g/mol. The third kappa shape index (κ3) is 3.02. The second-order valence-corrected chi connectivity index (χ2v) is 7.51. The second kappa shape index (κ2) is 5.51. The van der Waals surface area contributed by atoms with Crippen molar-refractivity contribution in [1.29, 1.82) is 0 Å². The summed E-state index contributed by atoms with van der Waals surface area (Å²) < 4.78 is 2.07. The molecule has 1 N–H and O–H groups in total. The van der Waals surface area contributed by atoms with E-state index in [2.05, 4.69) is 40.5 Å². The molecule has 3 rings (SSSR count). The normalized spacial score (nSPS) is 18.7. The standard InChI is InChI=1S/C17H25N5O/c1-11-9-21(5)15(18-11)12-6-7-22(10-12)16(23)13-8-14(20-19-13)17(2,3)4/h8-9,12H,6-7,10H2,1-5H3,(H,19,20). The highest BCUT2D eigenvalue weighted by Crippen LogP contribution is 2.28. The Bertz CT molecular complexity index is 722. The minimum atomic E-state index is -0.0381. The molecule has 1 saturated heterocycles. The molecule has 0 bridgehead atoms. The van der Waals surface area contributed by atoms with Crippen molar-refractivity contribution in [3.8, 4) is 0 Å². The van der Waals surface area contributed by atoms with Crippen molar-refractivity contribution >= 4 is 5.91 Å². The zero-order valence-corrected chi connectivity index (χ0v) is 14.6. The molecule has 3 heterocycles. The van der Waals surface area contributed by atoms with E-state index in [1.807, 2.05) is 31.1 Å². The van der Waals surface area contributed by atoms with E-state index in [-0.39, 0.29) is 11.3 Å². The number of hydrogen-bond donors (Lipinski definition) is 1. The predicted octanol–water partition coefficient (Wildman–Crippen LogP) is 2.38. The molecule has 0 aromatic carbocycles. The molecule has 1 amide bonds. The summed E-state index contributed by atoms with van der Waals surface area (Å²) in [6.07, 6.45) is 2.98. The van der Waals surface area contributed by atoms with Crippen LogP contribution in [0, 0.1) is 6.92 Å². The van der Waals surface area contributed by atoms with Gasteiger partial charge in [-0.1, -0.05) is 20.8 Å². The number of aryl methyl sites for hydroxylation is 2. The first-order chi connectivity index (χ1) is 10.8. The van der Waals surface area contributed by atoms with Crippen LogP contribution < -0.4 is 0 Å². The lowest BCUT2D eigenvalue weighted by atomic mass is 9.92. The average Bonchev–Trinajstić information content (AvgIpc) is 3.16. The summed E-state index contributed by atoms with van der Waals surface area (Å²) in [6, 6.07) is 1.88. The van der Waals surface area contributed by atoms with Crippen molar-refractivity contribution < 1.29 is 4.79 Å². The van der Waals surface area contributed by atoms with E-state index >= 15 is 0 Å². The van der Waals surface area contributed by atoms with Crippen molar-refractivity contribution in [2.75, 3.05) is 13.1 Å². The summed E-state index contributed by atoms with van der Waals surface area (Å²) in [5, 5.41) is 7.20. The number of hydrogen-bond acceptors (Lipinski definition) is 3. The van der Waals surface area contributed by atoms with Gasteiger partial charge in [-0.25, -0.2) is 4.98 Å². The summed E-state index contributed by atoms with van der Waals surface area (Å²) >= 11 is 0. The minimum Gasteiger partial charge on any atom is -0.337 e. The lowest BCUT2D eigenvalue weighted by molar-refractivity contribution is 0.0784. The predicted molar refractivity (Wildman–Crippen MR) is 88.5 cm³/mol. The maximum Gasteiger partial charge on any atom is 0.274 e. The van der Waals surface area contributed by atoms with Crippen molar-refractivity contribution in [1.82, 2.24) is 24.6 Å². The molecule has 1 unspecified atom stereocenters. The fourth-order valence-electron chi connectivity index (χ4n) is 3.15. The van der Waals surface area contributed by atoms with Crippen LogP contribution in [-0.4, -0.2) is 43.6 Å². The van der Waals surface area contributed by atoms with Gasteiger partial charge in [0.15, 0.2) is 0 Å². The Balaban J connectivity index is 1.72. The van der Waals surface area contributed by atoms with E-state index in [1.165, 1.54) is 0 Å². The molecule has 2 aromatic heterocycles. The van der Waals surface area contributed by atoms with Gasteiger partial charge in [0.05, 0.1) is 5.69 Å². The van der Waals surface area contributed by atoms with Crippen LogP contribution in [0.2, 0.25) is 0 Å². The lowest BCUT2D eigenvalue weighted by Gasteiger charge is -2.16. The summed E-state index contributed by atoms with van der Waals surface area (Å²) in [4.78, 5) is 19.2. The van der Waals surface area contributed by atoms with Crippen molar-refractivity contribution in [3.05, 3.63) is 35.2 Å². The molecule has 1 aliphatic heterocycles. The number of nitrogens with zero attached hydrogens (tertiary/aromatic N) is 4. The Morgan fingerprint density at radius 1 is 1.39 bits per heavy atom. The topological polar surface area (TPSA) is 66.8 Å². The fraction of sp³-hybridized carbons (Fsp3) is 0.588. The maximum absolute atomic E-state index is 12.7. The largest absolute Gasteiger partial charge is 0.337 e. The smallest absolute Gasteiger partial charge is 0.274 e. The summed E-state index contributed by atoms with van der Waals surface area (Å²) in [5.74, 6) is 1.37. The zero-order valence-electron chi connectivity index (χ0n) is 14.6. The minimum absolute atomic E-state index is 0.00480. The van der Waals surface area contributed by atoms with Crippen LogP contribution >= 0.6 is 0 Å². The number of imidazole rings is 1. The number of aromatic nitrogens is 4. The van der Waals surface area contributed by atoms with Gasteiger partial charge in [0.25, 0.3) is 5.91 Å². The monoisotopic (exact) mass is 315 g/mol. The first-order valence-corrected chi connectivity index (χ1v) is 8.10. The van der Waals surface area contributed by atoms with Crippen molar-refractivity contribution in [3.63, 3.8) is 0 Å². The van der Waals surface area contributed by atoms with E-state index in [9.17, 15) is 4.79 Å². The number of carbonyl (C=O) groups is 1. The van der Waals surface area contributed by atoms with Crippen LogP contribution in [0.4, 0.5) is 0 Å². The molecule has 0 saturated carbocycles. The number of amides is 1. The zero-order chi connectivity index (χ0) is 16.8. The van der Waals surface area contributed by atoms with E-state index in [0.29, 0.717) is 18.2 Å². The Morgan fingerprint density at radius 3 is 2.70 bits per heavy atom. The molecule has 0 spiro atoms. The number of H-pyrrole nitrogens is 1. The summed E-state index contributed by atoms with van der Waals surface area (Å²) in [5.41, 5.74) is 2.47.